The topological polar surface area (TPSA) is 60.7 Å². The van der Waals surface area contributed by atoms with E-state index in [0.717, 1.165) is 51.4 Å². The Morgan fingerprint density at radius 3 is 2.38 bits per heavy atom. The fourth-order valence-corrected chi connectivity index (χ4v) is 9.70. The van der Waals surface area contributed by atoms with E-state index in [1.807, 2.05) is 0 Å². The van der Waals surface area contributed by atoms with Crippen molar-refractivity contribution in [3.05, 3.63) is 12.2 Å². The maximum absolute atomic E-state index is 11.7. The van der Waals surface area contributed by atoms with E-state index in [1.165, 1.54) is 18.4 Å². The highest BCUT2D eigenvalue weighted by atomic mass is 16.3. The van der Waals surface area contributed by atoms with Crippen molar-refractivity contribution < 1.29 is 15.3 Å². The molecule has 4 aliphatic rings. The summed E-state index contributed by atoms with van der Waals surface area (Å²) in [7, 11) is 0. The lowest BCUT2D eigenvalue weighted by atomic mass is 9.43. The van der Waals surface area contributed by atoms with Gasteiger partial charge in [-0.25, -0.2) is 0 Å². The van der Waals surface area contributed by atoms with Gasteiger partial charge < -0.3 is 15.3 Å². The molecule has 3 N–H and O–H groups in total. The van der Waals surface area contributed by atoms with Gasteiger partial charge in [-0.2, -0.15) is 0 Å². The molecule has 4 saturated carbocycles. The number of allylic oxidation sites excluding steroid dienone is 1. The lowest BCUT2D eigenvalue weighted by Gasteiger charge is -2.62. The van der Waals surface area contributed by atoms with Gasteiger partial charge >= 0.3 is 0 Å². The fraction of sp³-hybridized carbons (Fsp3) is 0.931. The van der Waals surface area contributed by atoms with Gasteiger partial charge in [0.2, 0.25) is 0 Å². The maximum atomic E-state index is 11.7. The molecule has 184 valence electrons. The largest absolute Gasteiger partial charge is 0.393 e. The van der Waals surface area contributed by atoms with Crippen molar-refractivity contribution in [3.63, 3.8) is 0 Å². The second-order valence-corrected chi connectivity index (χ2v) is 13.0. The second kappa shape index (κ2) is 9.00. The first kappa shape index (κ1) is 24.7. The fourth-order valence-electron chi connectivity index (χ4n) is 9.70. The van der Waals surface area contributed by atoms with Crippen LogP contribution in [0.25, 0.3) is 0 Å². The van der Waals surface area contributed by atoms with Crippen LogP contribution in [0.1, 0.15) is 98.8 Å². The Balaban J connectivity index is 1.55. The van der Waals surface area contributed by atoms with Crippen LogP contribution in [-0.2, 0) is 0 Å². The quantitative estimate of drug-likeness (QED) is 0.441. The summed E-state index contributed by atoms with van der Waals surface area (Å²) in [4.78, 5) is 0. The summed E-state index contributed by atoms with van der Waals surface area (Å²) in [5.41, 5.74) is 1.34. The molecule has 3 heteroatoms. The van der Waals surface area contributed by atoms with E-state index in [2.05, 4.69) is 41.2 Å². The van der Waals surface area contributed by atoms with Gasteiger partial charge in [0, 0.05) is 5.41 Å². The zero-order valence-corrected chi connectivity index (χ0v) is 21.4. The van der Waals surface area contributed by atoms with Gasteiger partial charge in [-0.15, -0.1) is 0 Å². The van der Waals surface area contributed by atoms with Gasteiger partial charge in [0.1, 0.15) is 0 Å². The van der Waals surface area contributed by atoms with Crippen LogP contribution in [0.15, 0.2) is 12.2 Å². The normalized spacial score (nSPS) is 50.1. The average molecular weight is 447 g/mol. The minimum atomic E-state index is -0.330. The van der Waals surface area contributed by atoms with Crippen molar-refractivity contribution in [1.82, 2.24) is 0 Å². The Labute approximate surface area is 197 Å². The Hall–Kier alpha value is -0.380. The highest BCUT2D eigenvalue weighted by Gasteiger charge is 2.65. The highest BCUT2D eigenvalue weighted by Crippen LogP contribution is 2.68. The smallest absolute Gasteiger partial charge is 0.0603 e. The van der Waals surface area contributed by atoms with Crippen LogP contribution in [0.2, 0.25) is 0 Å². The van der Waals surface area contributed by atoms with Crippen LogP contribution < -0.4 is 0 Å². The van der Waals surface area contributed by atoms with E-state index < -0.39 is 0 Å². The first-order chi connectivity index (χ1) is 15.0. The summed E-state index contributed by atoms with van der Waals surface area (Å²) in [5, 5.41) is 33.4. The van der Waals surface area contributed by atoms with Gasteiger partial charge in [-0.3, -0.25) is 0 Å². The second-order valence-electron chi connectivity index (χ2n) is 13.0. The van der Waals surface area contributed by atoms with Crippen molar-refractivity contribution in [1.29, 1.82) is 0 Å². The van der Waals surface area contributed by atoms with E-state index in [1.54, 1.807) is 0 Å². The first-order valence-electron chi connectivity index (χ1n) is 13.7. The summed E-state index contributed by atoms with van der Waals surface area (Å²) in [5.74, 6) is 3.34. The highest BCUT2D eigenvalue weighted by molar-refractivity contribution is 5.14. The van der Waals surface area contributed by atoms with Crippen LogP contribution in [0, 0.1) is 52.3 Å². The zero-order valence-electron chi connectivity index (χ0n) is 21.4. The lowest BCUT2D eigenvalue weighted by Crippen LogP contribution is -2.59. The van der Waals surface area contributed by atoms with Gasteiger partial charge in [-0.1, -0.05) is 39.8 Å². The number of aliphatic hydroxyl groups is 3. The lowest BCUT2D eigenvalue weighted by molar-refractivity contribution is -0.176. The molecule has 4 fully saturated rings. The van der Waals surface area contributed by atoms with E-state index >= 15 is 0 Å². The molecule has 32 heavy (non-hydrogen) atoms. The summed E-state index contributed by atoms with van der Waals surface area (Å²) < 4.78 is 0. The Bertz CT molecular complexity index is 690. The summed E-state index contributed by atoms with van der Waals surface area (Å²) in [6.07, 6.45) is 9.76. The molecule has 3 nitrogen and oxygen atoms in total. The van der Waals surface area contributed by atoms with Crippen molar-refractivity contribution in [3.8, 4) is 0 Å². The SMILES string of the molecule is C=C(C)C(CC)CC[C@@H](C)[C@H]1[C@H](O)C[C@H]2[C@@H]3CC[C@H]4C[C@H](O)CC[C@]4(C)[C@H]3C[C@H](O)[C@]12C. The van der Waals surface area contributed by atoms with E-state index in [9.17, 15) is 15.3 Å². The van der Waals surface area contributed by atoms with E-state index in [4.69, 9.17) is 0 Å². The molecule has 12 atom stereocenters. The molecule has 0 aliphatic heterocycles. The Morgan fingerprint density at radius 2 is 1.72 bits per heavy atom. The maximum Gasteiger partial charge on any atom is 0.0603 e. The van der Waals surface area contributed by atoms with Gasteiger partial charge in [0.05, 0.1) is 18.3 Å². The molecular formula is C29H50O3. The van der Waals surface area contributed by atoms with Crippen LogP contribution >= 0.6 is 0 Å². The predicted octanol–water partition coefficient (Wildman–Crippen LogP) is 5.97. The van der Waals surface area contributed by atoms with Crippen molar-refractivity contribution in [2.75, 3.05) is 0 Å². The van der Waals surface area contributed by atoms with Gasteiger partial charge in [0.25, 0.3) is 0 Å². The molecule has 0 saturated heterocycles. The third-order valence-corrected chi connectivity index (χ3v) is 11.6. The molecule has 0 bridgehead atoms. The third-order valence-electron chi connectivity index (χ3n) is 11.6. The number of rotatable bonds is 6. The van der Waals surface area contributed by atoms with Crippen LogP contribution in [0.4, 0.5) is 0 Å². The monoisotopic (exact) mass is 446 g/mol. The zero-order chi connectivity index (χ0) is 23.4. The van der Waals surface area contributed by atoms with Crippen molar-refractivity contribution in [2.45, 2.75) is 117 Å². The van der Waals surface area contributed by atoms with E-state index in [0.29, 0.717) is 35.5 Å². The summed E-state index contributed by atoms with van der Waals surface area (Å²) >= 11 is 0. The van der Waals surface area contributed by atoms with Crippen molar-refractivity contribution >= 4 is 0 Å². The molecule has 4 rings (SSSR count). The van der Waals surface area contributed by atoms with E-state index in [-0.39, 0.29) is 35.1 Å². The molecule has 0 spiro atoms. The van der Waals surface area contributed by atoms with Gasteiger partial charge in [0.15, 0.2) is 0 Å². The minimum absolute atomic E-state index is 0.131. The Morgan fingerprint density at radius 1 is 1.00 bits per heavy atom. The molecule has 0 aromatic heterocycles. The summed E-state index contributed by atoms with van der Waals surface area (Å²) in [6, 6.07) is 0. The number of fused-ring (bicyclic) bond motifs is 5. The molecule has 0 aromatic carbocycles. The number of hydrogen-bond donors (Lipinski definition) is 3. The van der Waals surface area contributed by atoms with Crippen LogP contribution in [0.3, 0.4) is 0 Å². The molecule has 0 radical (unpaired) electrons. The third kappa shape index (κ3) is 3.83. The molecule has 0 aromatic rings. The van der Waals surface area contributed by atoms with Crippen LogP contribution in [0.5, 0.6) is 0 Å². The molecule has 0 amide bonds. The molecule has 4 aliphatic carbocycles. The molecular weight excluding hydrogens is 396 g/mol. The number of hydrogen-bond acceptors (Lipinski definition) is 3. The Kier molecular flexibility index (Phi) is 6.96. The predicted molar refractivity (Wildman–Crippen MR) is 131 cm³/mol. The molecule has 1 unspecified atom stereocenters. The average Bonchev–Trinajstić information content (AvgIpc) is 3.01. The first-order valence-corrected chi connectivity index (χ1v) is 13.7. The summed E-state index contributed by atoms with van der Waals surface area (Å²) in [6.45, 7) is 15.7. The standard InChI is InChI=1S/C29H50O3/c1-7-19(17(2)3)9-8-18(4)27-25(31)15-24-22-11-10-20-14-21(30)12-13-28(20,5)23(22)16-26(32)29(24,27)6/h18-27,30-32H,2,7-16H2,1,3-6H3/t18-,19?,20+,21-,22-,23+,24+,25-,26+,27+,28+,29-/m1/s1. The van der Waals surface area contributed by atoms with Crippen molar-refractivity contribution in [2.24, 2.45) is 52.3 Å². The number of aliphatic hydroxyl groups excluding tert-OH is 3. The van der Waals surface area contributed by atoms with Crippen LogP contribution in [-0.4, -0.2) is 33.6 Å². The molecule has 0 heterocycles. The van der Waals surface area contributed by atoms with Gasteiger partial charge in [-0.05, 0) is 118 Å². The minimum Gasteiger partial charge on any atom is -0.393 e.